The van der Waals surface area contributed by atoms with E-state index in [1.54, 1.807) is 11.1 Å². The molecular weight excluding hydrogens is 276 g/mol. The first-order chi connectivity index (χ1) is 11.4. The summed E-state index contributed by atoms with van der Waals surface area (Å²) in [5, 5.41) is 0. The first-order valence-electron chi connectivity index (χ1n) is 8.93. The summed E-state index contributed by atoms with van der Waals surface area (Å²) in [5.41, 5.74) is 6.41. The SMILES string of the molecule is C1=CC(C2(C3c4ccccc4-c4ccccc43)CCCC2)C=C1. The Labute approximate surface area is 138 Å². The number of fused-ring (bicyclic) bond motifs is 3. The summed E-state index contributed by atoms with van der Waals surface area (Å²) in [6.45, 7) is 0. The highest BCUT2D eigenvalue weighted by atomic mass is 14.5. The van der Waals surface area contributed by atoms with Gasteiger partial charge >= 0.3 is 0 Å². The Morgan fingerprint density at radius 2 is 1.22 bits per heavy atom. The van der Waals surface area contributed by atoms with Crippen molar-refractivity contribution in [3.05, 3.63) is 84.0 Å². The minimum Gasteiger partial charge on any atom is -0.0770 e. The van der Waals surface area contributed by atoms with Crippen LogP contribution in [0.3, 0.4) is 0 Å². The smallest absolute Gasteiger partial charge is 0.0167 e. The van der Waals surface area contributed by atoms with E-state index in [2.05, 4.69) is 72.8 Å². The van der Waals surface area contributed by atoms with Gasteiger partial charge in [-0.3, -0.25) is 0 Å². The monoisotopic (exact) mass is 298 g/mol. The number of hydrogen-bond donors (Lipinski definition) is 0. The Balaban J connectivity index is 1.75. The van der Waals surface area contributed by atoms with Gasteiger partial charge in [0.25, 0.3) is 0 Å². The van der Waals surface area contributed by atoms with Crippen molar-refractivity contribution in [2.24, 2.45) is 11.3 Å². The fourth-order valence-electron chi connectivity index (χ4n) is 5.44. The molecule has 1 fully saturated rings. The van der Waals surface area contributed by atoms with Gasteiger partial charge in [-0.15, -0.1) is 0 Å². The largest absolute Gasteiger partial charge is 0.0770 e. The predicted molar refractivity (Wildman–Crippen MR) is 96.4 cm³/mol. The molecule has 5 rings (SSSR count). The maximum atomic E-state index is 2.44. The van der Waals surface area contributed by atoms with Crippen molar-refractivity contribution in [3.8, 4) is 11.1 Å². The van der Waals surface area contributed by atoms with E-state index in [-0.39, 0.29) is 0 Å². The zero-order chi connectivity index (χ0) is 15.3. The number of benzene rings is 2. The Morgan fingerprint density at radius 1 is 0.696 bits per heavy atom. The second-order valence-corrected chi connectivity index (χ2v) is 7.34. The molecule has 2 aromatic rings. The molecule has 0 amide bonds. The lowest BCUT2D eigenvalue weighted by molar-refractivity contribution is 0.211. The summed E-state index contributed by atoms with van der Waals surface area (Å²) in [6.07, 6.45) is 14.8. The third-order valence-corrected chi connectivity index (χ3v) is 6.35. The molecule has 0 radical (unpaired) electrons. The Kier molecular flexibility index (Phi) is 2.88. The van der Waals surface area contributed by atoms with E-state index in [0.717, 1.165) is 0 Å². The molecule has 0 aromatic heterocycles. The van der Waals surface area contributed by atoms with Crippen LogP contribution < -0.4 is 0 Å². The highest BCUT2D eigenvalue weighted by Gasteiger charge is 2.50. The molecule has 0 heteroatoms. The third kappa shape index (κ3) is 1.78. The molecule has 1 saturated carbocycles. The second-order valence-electron chi connectivity index (χ2n) is 7.34. The first kappa shape index (κ1) is 13.4. The molecule has 2 aromatic carbocycles. The molecule has 0 unspecified atom stereocenters. The lowest BCUT2D eigenvalue weighted by Crippen LogP contribution is -2.32. The lowest BCUT2D eigenvalue weighted by atomic mass is 9.62. The average molecular weight is 298 g/mol. The molecule has 3 aliphatic carbocycles. The molecule has 0 bridgehead atoms. The van der Waals surface area contributed by atoms with Crippen molar-refractivity contribution in [1.29, 1.82) is 0 Å². The highest BCUT2D eigenvalue weighted by Crippen LogP contribution is 2.62. The highest BCUT2D eigenvalue weighted by molar-refractivity contribution is 5.79. The number of allylic oxidation sites excluding steroid dienone is 4. The van der Waals surface area contributed by atoms with Gasteiger partial charge in [-0.1, -0.05) is 85.7 Å². The molecule has 0 atom stereocenters. The topological polar surface area (TPSA) is 0 Å². The van der Waals surface area contributed by atoms with Crippen molar-refractivity contribution < 1.29 is 0 Å². The van der Waals surface area contributed by atoms with E-state index >= 15 is 0 Å². The minimum absolute atomic E-state index is 0.367. The van der Waals surface area contributed by atoms with Crippen LogP contribution in [0.2, 0.25) is 0 Å². The van der Waals surface area contributed by atoms with Gasteiger partial charge in [0, 0.05) is 11.8 Å². The fourth-order valence-corrected chi connectivity index (χ4v) is 5.44. The van der Waals surface area contributed by atoms with Crippen LogP contribution in [0.5, 0.6) is 0 Å². The predicted octanol–water partition coefficient (Wildman–Crippen LogP) is 6.10. The molecule has 23 heavy (non-hydrogen) atoms. The van der Waals surface area contributed by atoms with Gasteiger partial charge < -0.3 is 0 Å². The van der Waals surface area contributed by atoms with E-state index in [1.807, 2.05) is 0 Å². The Morgan fingerprint density at radius 3 is 1.78 bits per heavy atom. The van der Waals surface area contributed by atoms with E-state index in [9.17, 15) is 0 Å². The van der Waals surface area contributed by atoms with Crippen LogP contribution in [0.15, 0.2) is 72.8 Å². The zero-order valence-electron chi connectivity index (χ0n) is 13.4. The molecule has 0 N–H and O–H groups in total. The second kappa shape index (κ2) is 4.96. The molecule has 114 valence electrons. The van der Waals surface area contributed by atoms with E-state index in [0.29, 0.717) is 17.3 Å². The van der Waals surface area contributed by atoms with E-state index < -0.39 is 0 Å². The quantitative estimate of drug-likeness (QED) is 0.628. The van der Waals surface area contributed by atoms with Crippen LogP contribution in [-0.2, 0) is 0 Å². The normalized spacial score (nSPS) is 21.7. The van der Waals surface area contributed by atoms with Crippen LogP contribution in [0.4, 0.5) is 0 Å². The van der Waals surface area contributed by atoms with E-state index in [4.69, 9.17) is 0 Å². The summed E-state index contributed by atoms with van der Waals surface area (Å²) in [4.78, 5) is 0. The van der Waals surface area contributed by atoms with E-state index in [1.165, 1.54) is 36.8 Å². The average Bonchev–Trinajstić information content (AvgIpc) is 3.33. The van der Waals surface area contributed by atoms with Gasteiger partial charge in [0.1, 0.15) is 0 Å². The van der Waals surface area contributed by atoms with Crippen molar-refractivity contribution in [2.45, 2.75) is 31.6 Å². The Bertz CT molecular complexity index is 745. The maximum absolute atomic E-state index is 2.44. The van der Waals surface area contributed by atoms with Gasteiger partial charge in [-0.2, -0.15) is 0 Å². The summed E-state index contributed by atoms with van der Waals surface area (Å²) in [5.74, 6) is 1.14. The van der Waals surface area contributed by atoms with Crippen molar-refractivity contribution in [1.82, 2.24) is 0 Å². The van der Waals surface area contributed by atoms with Crippen LogP contribution in [0, 0.1) is 11.3 Å². The van der Waals surface area contributed by atoms with Crippen LogP contribution in [0.1, 0.15) is 42.7 Å². The molecule has 0 aliphatic heterocycles. The number of rotatable bonds is 2. The summed E-state index contributed by atoms with van der Waals surface area (Å²) < 4.78 is 0. The summed E-state index contributed by atoms with van der Waals surface area (Å²) in [7, 11) is 0. The van der Waals surface area contributed by atoms with Gasteiger partial charge in [0.15, 0.2) is 0 Å². The van der Waals surface area contributed by atoms with Crippen LogP contribution in [0.25, 0.3) is 11.1 Å². The third-order valence-electron chi connectivity index (χ3n) is 6.35. The Hall–Kier alpha value is -2.08. The molecule has 0 saturated heterocycles. The van der Waals surface area contributed by atoms with Crippen molar-refractivity contribution in [2.75, 3.05) is 0 Å². The molecule has 0 spiro atoms. The van der Waals surface area contributed by atoms with Crippen molar-refractivity contribution in [3.63, 3.8) is 0 Å². The van der Waals surface area contributed by atoms with Crippen LogP contribution in [-0.4, -0.2) is 0 Å². The summed E-state index contributed by atoms with van der Waals surface area (Å²) >= 11 is 0. The molecule has 0 nitrogen and oxygen atoms in total. The zero-order valence-corrected chi connectivity index (χ0v) is 13.4. The molecule has 3 aliphatic rings. The maximum Gasteiger partial charge on any atom is 0.0167 e. The molecular formula is C23H22. The van der Waals surface area contributed by atoms with Gasteiger partial charge in [-0.25, -0.2) is 0 Å². The summed E-state index contributed by atoms with van der Waals surface area (Å²) in [6, 6.07) is 18.2. The molecule has 0 heterocycles. The van der Waals surface area contributed by atoms with Gasteiger partial charge in [0.2, 0.25) is 0 Å². The number of hydrogen-bond acceptors (Lipinski definition) is 0. The van der Waals surface area contributed by atoms with Crippen molar-refractivity contribution >= 4 is 0 Å². The van der Waals surface area contributed by atoms with Gasteiger partial charge in [0.05, 0.1) is 0 Å². The van der Waals surface area contributed by atoms with Crippen LogP contribution >= 0.6 is 0 Å². The van der Waals surface area contributed by atoms with Gasteiger partial charge in [-0.05, 0) is 40.5 Å². The first-order valence-corrected chi connectivity index (χ1v) is 8.93. The minimum atomic E-state index is 0.367. The lowest BCUT2D eigenvalue weighted by Gasteiger charge is -2.40. The standard InChI is InChI=1S/C23H22/c1-2-10-17(9-1)23(15-7-8-16-23)22-20-13-5-3-11-18(20)19-12-4-6-14-21(19)22/h1-6,9-14,17,22H,7-8,15-16H2. The fraction of sp³-hybridized carbons (Fsp3) is 0.304.